The zero-order valence-electron chi connectivity index (χ0n) is 12.5. The smallest absolute Gasteiger partial charge is 0.246 e. The van der Waals surface area contributed by atoms with E-state index in [-0.39, 0.29) is 28.8 Å². The fourth-order valence-corrected chi connectivity index (χ4v) is 4.25. The van der Waals surface area contributed by atoms with Gasteiger partial charge in [0.1, 0.15) is 10.7 Å². The third-order valence-electron chi connectivity index (χ3n) is 3.98. The van der Waals surface area contributed by atoms with Crippen molar-refractivity contribution in [2.45, 2.75) is 38.1 Å². The summed E-state index contributed by atoms with van der Waals surface area (Å²) in [5, 5.41) is 0. The van der Waals surface area contributed by atoms with Gasteiger partial charge in [0.2, 0.25) is 10.0 Å². The van der Waals surface area contributed by atoms with Crippen molar-refractivity contribution in [1.82, 2.24) is 4.31 Å². The molecule has 1 heterocycles. The van der Waals surface area contributed by atoms with Gasteiger partial charge >= 0.3 is 0 Å². The van der Waals surface area contributed by atoms with Crippen LogP contribution in [0.3, 0.4) is 0 Å². The molecule has 7 heteroatoms. The first-order valence-electron chi connectivity index (χ1n) is 6.66. The Bertz CT molecular complexity index is 619. The van der Waals surface area contributed by atoms with Crippen LogP contribution in [0.2, 0.25) is 0 Å². The molecule has 4 nitrogen and oxygen atoms in total. The first-order chi connectivity index (χ1) is 9.14. The van der Waals surface area contributed by atoms with Crippen LogP contribution in [0.25, 0.3) is 0 Å². The van der Waals surface area contributed by atoms with Crippen LogP contribution < -0.4 is 5.73 Å². The molecule has 1 aliphatic rings. The van der Waals surface area contributed by atoms with Crippen molar-refractivity contribution in [3.8, 4) is 0 Å². The van der Waals surface area contributed by atoms with E-state index in [9.17, 15) is 12.8 Å². The van der Waals surface area contributed by atoms with Crippen LogP contribution in [0.5, 0.6) is 0 Å². The predicted molar refractivity (Wildman–Crippen MR) is 83.5 cm³/mol. The van der Waals surface area contributed by atoms with Gasteiger partial charge in [-0.05, 0) is 36.5 Å². The van der Waals surface area contributed by atoms with Gasteiger partial charge in [-0.3, -0.25) is 0 Å². The Morgan fingerprint density at radius 2 is 2.00 bits per heavy atom. The summed E-state index contributed by atoms with van der Waals surface area (Å²) in [5.74, 6) is -0.705. The number of benzene rings is 1. The van der Waals surface area contributed by atoms with Crippen LogP contribution in [-0.2, 0) is 10.0 Å². The van der Waals surface area contributed by atoms with E-state index in [0.29, 0.717) is 19.5 Å². The molecular weight excluding hydrogens is 315 g/mol. The summed E-state index contributed by atoms with van der Waals surface area (Å²) in [6.07, 6.45) is 0.583. The quantitative estimate of drug-likeness (QED) is 0.901. The lowest BCUT2D eigenvalue weighted by Gasteiger charge is -2.41. The van der Waals surface area contributed by atoms with Gasteiger partial charge in [0.05, 0.1) is 0 Å². The minimum absolute atomic E-state index is 0. The van der Waals surface area contributed by atoms with E-state index in [1.54, 1.807) is 13.0 Å². The Labute approximate surface area is 132 Å². The summed E-state index contributed by atoms with van der Waals surface area (Å²) in [7, 11) is -3.81. The van der Waals surface area contributed by atoms with Gasteiger partial charge in [0, 0.05) is 19.1 Å². The molecule has 21 heavy (non-hydrogen) atoms. The number of sulfonamides is 1. The molecule has 1 aromatic rings. The fourth-order valence-electron chi connectivity index (χ4n) is 2.48. The molecule has 0 radical (unpaired) electrons. The Morgan fingerprint density at radius 1 is 1.38 bits per heavy atom. The Balaban J connectivity index is 0.00000220. The Kier molecular flexibility index (Phi) is 5.42. The van der Waals surface area contributed by atoms with E-state index in [2.05, 4.69) is 0 Å². The monoisotopic (exact) mass is 336 g/mol. The molecule has 1 aromatic carbocycles. The number of rotatable bonds is 2. The molecule has 2 rings (SSSR count). The van der Waals surface area contributed by atoms with Crippen molar-refractivity contribution in [2.24, 2.45) is 11.1 Å². The molecule has 0 spiro atoms. The summed E-state index contributed by atoms with van der Waals surface area (Å²) < 4.78 is 40.4. The average Bonchev–Trinajstić information content (AvgIpc) is 2.35. The molecule has 0 bridgehead atoms. The lowest BCUT2D eigenvalue weighted by molar-refractivity contribution is 0.155. The van der Waals surface area contributed by atoms with Gasteiger partial charge in [0.25, 0.3) is 0 Å². The topological polar surface area (TPSA) is 63.4 Å². The second-order valence-corrected chi connectivity index (χ2v) is 8.06. The number of nitrogens with two attached hydrogens (primary N) is 1. The predicted octanol–water partition coefficient (Wildman–Crippen LogP) is 2.30. The highest BCUT2D eigenvalue weighted by atomic mass is 35.5. The molecular formula is C14H22ClFN2O2S. The van der Waals surface area contributed by atoms with Crippen LogP contribution in [0, 0.1) is 18.2 Å². The average molecular weight is 337 g/mol. The largest absolute Gasteiger partial charge is 0.327 e. The maximum atomic E-state index is 13.9. The molecule has 0 saturated carbocycles. The summed E-state index contributed by atoms with van der Waals surface area (Å²) >= 11 is 0. The maximum Gasteiger partial charge on any atom is 0.246 e. The molecule has 1 atom stereocenters. The molecule has 1 unspecified atom stereocenters. The van der Waals surface area contributed by atoms with Crippen LogP contribution in [-0.4, -0.2) is 31.9 Å². The highest BCUT2D eigenvalue weighted by molar-refractivity contribution is 7.89. The third-order valence-corrected chi connectivity index (χ3v) is 5.84. The number of aryl methyl sites for hydroxylation is 1. The van der Waals surface area contributed by atoms with Crippen molar-refractivity contribution in [1.29, 1.82) is 0 Å². The molecule has 0 aliphatic carbocycles. The first kappa shape index (κ1) is 18.4. The highest BCUT2D eigenvalue weighted by Gasteiger charge is 2.39. The van der Waals surface area contributed by atoms with Crippen LogP contribution >= 0.6 is 12.4 Å². The molecule has 1 aliphatic heterocycles. The van der Waals surface area contributed by atoms with Crippen LogP contribution in [0.4, 0.5) is 4.39 Å². The molecule has 0 amide bonds. The van der Waals surface area contributed by atoms with Gasteiger partial charge in [-0.15, -0.1) is 12.4 Å². The fraction of sp³-hybridized carbons (Fsp3) is 0.571. The second kappa shape index (κ2) is 6.20. The lowest BCUT2D eigenvalue weighted by atomic mass is 9.81. The molecule has 0 aromatic heterocycles. The second-order valence-electron chi connectivity index (χ2n) is 6.16. The summed E-state index contributed by atoms with van der Waals surface area (Å²) in [6, 6.07) is 4.09. The van der Waals surface area contributed by atoms with E-state index in [4.69, 9.17) is 5.73 Å². The molecule has 1 saturated heterocycles. The lowest BCUT2D eigenvalue weighted by Crippen LogP contribution is -2.53. The summed E-state index contributed by atoms with van der Waals surface area (Å²) in [5.41, 5.74) is 6.42. The third kappa shape index (κ3) is 3.56. The van der Waals surface area contributed by atoms with E-state index in [1.807, 2.05) is 13.8 Å². The van der Waals surface area contributed by atoms with Gasteiger partial charge in [-0.25, -0.2) is 12.8 Å². The molecule has 1 fully saturated rings. The maximum absolute atomic E-state index is 13.9. The van der Waals surface area contributed by atoms with E-state index >= 15 is 0 Å². The van der Waals surface area contributed by atoms with Crippen LogP contribution in [0.1, 0.15) is 25.8 Å². The van der Waals surface area contributed by atoms with E-state index in [1.165, 1.54) is 16.4 Å². The number of piperidine rings is 1. The minimum atomic E-state index is -3.81. The van der Waals surface area contributed by atoms with E-state index < -0.39 is 15.8 Å². The number of nitrogens with zero attached hydrogens (tertiary/aromatic N) is 1. The standard InChI is InChI=1S/C14H21FN2O2S.ClH/c1-10-4-5-11(15)12(8-10)20(18,19)17-7-6-13(16)14(2,3)9-17;/h4-5,8,13H,6-7,9,16H2,1-3H3;1H. The number of hydrogen-bond donors (Lipinski definition) is 1. The normalized spacial score (nSPS) is 22.6. The van der Waals surface area contributed by atoms with Crippen LogP contribution in [0.15, 0.2) is 23.1 Å². The van der Waals surface area contributed by atoms with Crippen molar-refractivity contribution >= 4 is 22.4 Å². The van der Waals surface area contributed by atoms with Crippen molar-refractivity contribution in [2.75, 3.05) is 13.1 Å². The number of halogens is 2. The SMILES string of the molecule is Cc1ccc(F)c(S(=O)(=O)N2CCC(N)C(C)(C)C2)c1.Cl. The zero-order chi connectivity index (χ0) is 15.1. The van der Waals surface area contributed by atoms with Crippen molar-refractivity contribution in [3.05, 3.63) is 29.6 Å². The van der Waals surface area contributed by atoms with E-state index in [0.717, 1.165) is 5.56 Å². The summed E-state index contributed by atoms with van der Waals surface area (Å²) in [4.78, 5) is -0.247. The van der Waals surface area contributed by atoms with Crippen molar-refractivity contribution in [3.63, 3.8) is 0 Å². The minimum Gasteiger partial charge on any atom is -0.327 e. The molecule has 2 N–H and O–H groups in total. The molecule has 120 valence electrons. The Hall–Kier alpha value is -0.690. The van der Waals surface area contributed by atoms with Gasteiger partial charge in [-0.1, -0.05) is 19.9 Å². The Morgan fingerprint density at radius 3 is 2.57 bits per heavy atom. The van der Waals surface area contributed by atoms with Crippen molar-refractivity contribution < 1.29 is 12.8 Å². The van der Waals surface area contributed by atoms with Gasteiger partial charge < -0.3 is 5.73 Å². The van der Waals surface area contributed by atoms with Gasteiger partial charge in [-0.2, -0.15) is 4.31 Å². The highest BCUT2D eigenvalue weighted by Crippen LogP contribution is 2.32. The summed E-state index contributed by atoms with van der Waals surface area (Å²) in [6.45, 7) is 6.26. The first-order valence-corrected chi connectivity index (χ1v) is 8.10. The zero-order valence-corrected chi connectivity index (χ0v) is 14.1. The number of hydrogen-bond acceptors (Lipinski definition) is 3. The van der Waals surface area contributed by atoms with Gasteiger partial charge in [0.15, 0.2) is 0 Å².